The first-order valence-corrected chi connectivity index (χ1v) is 7.26. The van der Waals surface area contributed by atoms with E-state index in [1.165, 1.54) is 0 Å². The van der Waals surface area contributed by atoms with Crippen LogP contribution in [0.2, 0.25) is 0 Å². The summed E-state index contributed by atoms with van der Waals surface area (Å²) in [5.74, 6) is 1.72. The zero-order valence-electron chi connectivity index (χ0n) is 9.34. The number of hydrogen-bond acceptors (Lipinski definition) is 4. The van der Waals surface area contributed by atoms with Gasteiger partial charge in [-0.15, -0.1) is 5.10 Å². The second-order valence-electron chi connectivity index (χ2n) is 4.10. The van der Waals surface area contributed by atoms with Crippen molar-refractivity contribution < 1.29 is 4.21 Å². The van der Waals surface area contributed by atoms with Crippen LogP contribution >= 0.6 is 0 Å². The van der Waals surface area contributed by atoms with Crippen LogP contribution in [0.25, 0.3) is 0 Å². The Labute approximate surface area is 98.1 Å². The Morgan fingerprint density at radius 1 is 1.44 bits per heavy atom. The van der Waals surface area contributed by atoms with Crippen molar-refractivity contribution in [1.29, 1.82) is 0 Å². The van der Waals surface area contributed by atoms with E-state index in [1.54, 1.807) is 6.20 Å². The van der Waals surface area contributed by atoms with E-state index in [2.05, 4.69) is 15.6 Å². The lowest BCUT2D eigenvalue weighted by Crippen LogP contribution is -2.36. The molecule has 1 aromatic rings. The Bertz CT molecular complexity index is 318. The molecule has 1 N–H and O–H groups in total. The molecule has 1 aliphatic heterocycles. The fourth-order valence-electron chi connectivity index (χ4n) is 1.90. The quantitative estimate of drug-likeness (QED) is 0.748. The normalized spacial score (nSPS) is 25.8. The number of aryl methyl sites for hydroxylation is 1. The molecule has 6 heteroatoms. The summed E-state index contributed by atoms with van der Waals surface area (Å²) in [7, 11) is -0.555. The minimum Gasteiger partial charge on any atom is -0.314 e. The first-order chi connectivity index (χ1) is 7.84. The average Bonchev–Trinajstić information content (AvgIpc) is 2.80. The summed E-state index contributed by atoms with van der Waals surface area (Å²) >= 11 is 0. The monoisotopic (exact) mass is 242 g/mol. The predicted molar refractivity (Wildman–Crippen MR) is 63.5 cm³/mol. The molecule has 0 atom stereocenters. The Kier molecular flexibility index (Phi) is 4.47. The number of nitrogens with one attached hydrogen (secondary N) is 1. The summed E-state index contributed by atoms with van der Waals surface area (Å²) in [5, 5.41) is 11.2. The number of nitrogens with zero attached hydrogens (tertiary/aromatic N) is 3. The lowest BCUT2D eigenvalue weighted by atomic mass is 10.1. The van der Waals surface area contributed by atoms with E-state index < -0.39 is 10.8 Å². The number of rotatable bonds is 5. The van der Waals surface area contributed by atoms with Crippen molar-refractivity contribution >= 4 is 10.8 Å². The van der Waals surface area contributed by atoms with Crippen LogP contribution in [0.3, 0.4) is 0 Å². The largest absolute Gasteiger partial charge is 0.314 e. The topological polar surface area (TPSA) is 59.8 Å². The molecule has 0 unspecified atom stereocenters. The van der Waals surface area contributed by atoms with Gasteiger partial charge >= 0.3 is 0 Å². The smallest absolute Gasteiger partial charge is 0.0692 e. The molecule has 2 heterocycles. The molecular formula is C10H18N4OS. The summed E-state index contributed by atoms with van der Waals surface area (Å²) in [4.78, 5) is 0. The first-order valence-electron chi connectivity index (χ1n) is 5.77. The summed E-state index contributed by atoms with van der Waals surface area (Å²) < 4.78 is 13.0. The molecule has 1 aliphatic rings. The van der Waals surface area contributed by atoms with E-state index in [0.717, 1.165) is 43.9 Å². The van der Waals surface area contributed by atoms with Crippen molar-refractivity contribution in [2.75, 3.05) is 18.1 Å². The van der Waals surface area contributed by atoms with E-state index >= 15 is 0 Å². The fourth-order valence-corrected chi connectivity index (χ4v) is 3.20. The third-order valence-corrected chi connectivity index (χ3v) is 4.24. The molecule has 0 aliphatic carbocycles. The third-order valence-electron chi connectivity index (χ3n) is 2.86. The van der Waals surface area contributed by atoms with Gasteiger partial charge in [0, 0.05) is 41.1 Å². The maximum absolute atomic E-state index is 11.2. The molecule has 2 rings (SSSR count). The van der Waals surface area contributed by atoms with Crippen molar-refractivity contribution in [2.45, 2.75) is 31.8 Å². The van der Waals surface area contributed by atoms with Crippen LogP contribution in [0.1, 0.15) is 19.3 Å². The highest BCUT2D eigenvalue weighted by atomic mass is 32.2. The summed E-state index contributed by atoms with van der Waals surface area (Å²) in [5.41, 5.74) is 0. The maximum atomic E-state index is 11.2. The molecular weight excluding hydrogens is 224 g/mol. The average molecular weight is 242 g/mol. The lowest BCUT2D eigenvalue weighted by Gasteiger charge is -2.22. The van der Waals surface area contributed by atoms with Crippen LogP contribution in [0.5, 0.6) is 0 Å². The molecule has 1 aromatic heterocycles. The first kappa shape index (κ1) is 11.7. The standard InChI is InChI=1S/C10H18N4OS/c15-16-8-2-10(3-9-16)11-4-1-6-14-7-5-12-13-14/h5,7,10-11H,1-4,6,8-9H2. The minimum absolute atomic E-state index is 0.555. The molecule has 0 radical (unpaired) electrons. The second kappa shape index (κ2) is 6.10. The molecule has 0 saturated carbocycles. The van der Waals surface area contributed by atoms with Crippen molar-refractivity contribution in [2.24, 2.45) is 0 Å². The Morgan fingerprint density at radius 3 is 2.94 bits per heavy atom. The Balaban J connectivity index is 1.56. The minimum atomic E-state index is -0.555. The molecule has 90 valence electrons. The molecule has 0 amide bonds. The molecule has 0 bridgehead atoms. The third kappa shape index (κ3) is 3.68. The Morgan fingerprint density at radius 2 is 2.25 bits per heavy atom. The van der Waals surface area contributed by atoms with Gasteiger partial charge in [0.1, 0.15) is 0 Å². The highest BCUT2D eigenvalue weighted by Gasteiger charge is 2.16. The van der Waals surface area contributed by atoms with E-state index in [-0.39, 0.29) is 0 Å². The number of hydrogen-bond donors (Lipinski definition) is 1. The summed E-state index contributed by atoms with van der Waals surface area (Å²) in [6, 6.07) is 0.563. The SMILES string of the molecule is O=S1CCC(NCCCn2ccnn2)CC1. The lowest BCUT2D eigenvalue weighted by molar-refractivity contribution is 0.449. The fraction of sp³-hybridized carbons (Fsp3) is 0.800. The van der Waals surface area contributed by atoms with Gasteiger partial charge < -0.3 is 5.32 Å². The van der Waals surface area contributed by atoms with Crippen molar-refractivity contribution in [3.05, 3.63) is 12.4 Å². The number of aromatic nitrogens is 3. The second-order valence-corrected chi connectivity index (χ2v) is 5.79. The van der Waals surface area contributed by atoms with Crippen LogP contribution in [-0.4, -0.2) is 43.3 Å². The maximum Gasteiger partial charge on any atom is 0.0692 e. The summed E-state index contributed by atoms with van der Waals surface area (Å²) in [6.45, 7) is 1.91. The predicted octanol–water partition coefficient (Wildman–Crippen LogP) is 0.169. The van der Waals surface area contributed by atoms with Crippen molar-refractivity contribution in [3.8, 4) is 0 Å². The van der Waals surface area contributed by atoms with E-state index in [4.69, 9.17) is 0 Å². The van der Waals surface area contributed by atoms with Crippen molar-refractivity contribution in [1.82, 2.24) is 20.3 Å². The summed E-state index contributed by atoms with van der Waals surface area (Å²) in [6.07, 6.45) is 6.74. The van der Waals surface area contributed by atoms with Gasteiger partial charge in [-0.3, -0.25) is 8.89 Å². The Hall–Kier alpha value is -0.750. The van der Waals surface area contributed by atoms with Crippen LogP contribution in [0.4, 0.5) is 0 Å². The van der Waals surface area contributed by atoms with E-state index in [9.17, 15) is 4.21 Å². The highest BCUT2D eigenvalue weighted by Crippen LogP contribution is 2.08. The van der Waals surface area contributed by atoms with E-state index in [1.807, 2.05) is 10.9 Å². The van der Waals surface area contributed by atoms with Crippen LogP contribution in [0.15, 0.2) is 12.4 Å². The van der Waals surface area contributed by atoms with Gasteiger partial charge in [0.2, 0.25) is 0 Å². The molecule has 0 spiro atoms. The molecule has 1 fully saturated rings. The van der Waals surface area contributed by atoms with Crippen LogP contribution in [0, 0.1) is 0 Å². The van der Waals surface area contributed by atoms with Crippen LogP contribution < -0.4 is 5.32 Å². The molecule has 0 aromatic carbocycles. The highest BCUT2D eigenvalue weighted by molar-refractivity contribution is 7.85. The molecule has 5 nitrogen and oxygen atoms in total. The van der Waals surface area contributed by atoms with Gasteiger partial charge in [0.05, 0.1) is 6.20 Å². The molecule has 16 heavy (non-hydrogen) atoms. The van der Waals surface area contributed by atoms with Gasteiger partial charge in [-0.05, 0) is 25.8 Å². The van der Waals surface area contributed by atoms with Crippen LogP contribution in [-0.2, 0) is 17.3 Å². The van der Waals surface area contributed by atoms with Gasteiger partial charge in [-0.2, -0.15) is 0 Å². The van der Waals surface area contributed by atoms with Gasteiger partial charge in [0.15, 0.2) is 0 Å². The zero-order chi connectivity index (χ0) is 11.2. The zero-order valence-corrected chi connectivity index (χ0v) is 10.2. The van der Waals surface area contributed by atoms with Crippen molar-refractivity contribution in [3.63, 3.8) is 0 Å². The molecule has 1 saturated heterocycles. The van der Waals surface area contributed by atoms with Gasteiger partial charge in [0.25, 0.3) is 0 Å². The van der Waals surface area contributed by atoms with Gasteiger partial charge in [-0.1, -0.05) is 5.21 Å². The van der Waals surface area contributed by atoms with Gasteiger partial charge in [-0.25, -0.2) is 0 Å². The van der Waals surface area contributed by atoms with E-state index in [0.29, 0.717) is 6.04 Å².